The number of benzene rings is 5. The molecule has 0 spiro atoms. The lowest BCUT2D eigenvalue weighted by atomic mass is 10.1. The Morgan fingerprint density at radius 2 is 1.12 bits per heavy atom. The predicted octanol–water partition coefficient (Wildman–Crippen LogP) is 6.27. The molecule has 5 rings (SSSR count). The van der Waals surface area contributed by atoms with Crippen LogP contribution in [0.4, 0.5) is 22.7 Å². The van der Waals surface area contributed by atoms with Gasteiger partial charge in [0.15, 0.2) is 11.5 Å². The summed E-state index contributed by atoms with van der Waals surface area (Å²) in [4.78, 5) is 76.3. The zero-order valence-electron chi connectivity index (χ0n) is 31.5. The number of terminal acetylenes is 1. The standard InChI is InChI=1S/C44H36N6O9/c1-4-5-36(50-41(54)29-10-16-31(17-11-29)46-39(52)27-8-6-26(24-45)7-9-27)43(56)48-33-18-12-28(13-19-33)40(53)49-35-23-22-34(37(51)38(35)59-25(2)3)42(55)47-32-20-14-30(15-21-32)44(57)58/h1,6-23,25,36,51H,5H2,2-3H3,(H,46,52)(H,47,55)(H,48,56)(H,49,53)(H,50,54)(H,57,58)/t36-/m0/s1. The summed E-state index contributed by atoms with van der Waals surface area (Å²) in [5.41, 5.74) is 2.04. The average Bonchev–Trinajstić information content (AvgIpc) is 3.22. The summed E-state index contributed by atoms with van der Waals surface area (Å²) in [6, 6.07) is 26.8. The number of nitriles is 1. The van der Waals surface area contributed by atoms with Crippen molar-refractivity contribution in [1.82, 2.24) is 5.32 Å². The Labute approximate surface area is 338 Å². The number of hydrogen-bond donors (Lipinski definition) is 7. The monoisotopic (exact) mass is 792 g/mol. The van der Waals surface area contributed by atoms with E-state index in [0.29, 0.717) is 22.5 Å². The molecule has 0 unspecified atom stereocenters. The zero-order valence-corrected chi connectivity index (χ0v) is 31.5. The Kier molecular flexibility index (Phi) is 13.4. The van der Waals surface area contributed by atoms with Crippen LogP contribution in [0.25, 0.3) is 0 Å². The smallest absolute Gasteiger partial charge is 0.335 e. The van der Waals surface area contributed by atoms with Gasteiger partial charge in [-0.25, -0.2) is 4.79 Å². The van der Waals surface area contributed by atoms with Crippen molar-refractivity contribution in [2.75, 3.05) is 21.3 Å². The highest BCUT2D eigenvalue weighted by atomic mass is 16.5. The lowest BCUT2D eigenvalue weighted by Crippen LogP contribution is -2.43. The molecule has 1 atom stereocenters. The van der Waals surface area contributed by atoms with E-state index in [9.17, 15) is 33.9 Å². The first kappa shape index (κ1) is 41.7. The van der Waals surface area contributed by atoms with E-state index in [4.69, 9.17) is 21.5 Å². The number of ether oxygens (including phenoxy) is 1. The second-order valence-electron chi connectivity index (χ2n) is 13.0. The third kappa shape index (κ3) is 10.9. The van der Waals surface area contributed by atoms with Gasteiger partial charge in [-0.1, -0.05) is 0 Å². The third-order valence-electron chi connectivity index (χ3n) is 8.41. The van der Waals surface area contributed by atoms with Crippen molar-refractivity contribution in [2.45, 2.75) is 32.4 Å². The van der Waals surface area contributed by atoms with Crippen molar-refractivity contribution in [1.29, 1.82) is 5.26 Å². The zero-order chi connectivity index (χ0) is 42.6. The van der Waals surface area contributed by atoms with Gasteiger partial charge in [0.1, 0.15) is 6.04 Å². The summed E-state index contributed by atoms with van der Waals surface area (Å²) in [6.07, 6.45) is 4.89. The Morgan fingerprint density at radius 1 is 0.644 bits per heavy atom. The van der Waals surface area contributed by atoms with E-state index >= 15 is 0 Å². The first-order valence-electron chi connectivity index (χ1n) is 17.8. The number of rotatable bonds is 14. The van der Waals surface area contributed by atoms with Gasteiger partial charge in [0.25, 0.3) is 23.6 Å². The van der Waals surface area contributed by atoms with Crippen LogP contribution in [0.5, 0.6) is 11.5 Å². The molecule has 0 saturated carbocycles. The van der Waals surface area contributed by atoms with E-state index in [2.05, 4.69) is 32.5 Å². The molecular formula is C44H36N6O9. The van der Waals surface area contributed by atoms with Gasteiger partial charge in [0.2, 0.25) is 5.91 Å². The van der Waals surface area contributed by atoms with E-state index in [1.807, 2.05) is 6.07 Å². The second-order valence-corrected chi connectivity index (χ2v) is 13.0. The molecule has 0 aliphatic heterocycles. The molecule has 5 amide bonds. The van der Waals surface area contributed by atoms with Gasteiger partial charge in [-0.2, -0.15) is 5.26 Å². The topological polar surface area (TPSA) is 236 Å². The maximum Gasteiger partial charge on any atom is 0.335 e. The molecule has 0 aromatic heterocycles. The number of phenolic OH excluding ortho intramolecular Hbond substituents is 1. The molecule has 296 valence electrons. The quantitative estimate of drug-likeness (QED) is 0.0623. The van der Waals surface area contributed by atoms with Crippen LogP contribution in [0.2, 0.25) is 0 Å². The molecule has 15 nitrogen and oxygen atoms in total. The van der Waals surface area contributed by atoms with Crippen LogP contribution in [-0.2, 0) is 4.79 Å². The number of hydrogen-bond acceptors (Lipinski definition) is 9. The summed E-state index contributed by atoms with van der Waals surface area (Å²) < 4.78 is 5.77. The fourth-order valence-corrected chi connectivity index (χ4v) is 5.40. The molecule has 5 aromatic carbocycles. The number of nitrogens with one attached hydrogen (secondary N) is 5. The van der Waals surface area contributed by atoms with Crippen molar-refractivity contribution in [3.8, 4) is 29.9 Å². The lowest BCUT2D eigenvalue weighted by molar-refractivity contribution is -0.117. The summed E-state index contributed by atoms with van der Waals surface area (Å²) in [7, 11) is 0. The normalized spacial score (nSPS) is 10.9. The molecule has 0 radical (unpaired) electrons. The van der Waals surface area contributed by atoms with Crippen LogP contribution in [0, 0.1) is 23.7 Å². The van der Waals surface area contributed by atoms with E-state index in [-0.39, 0.29) is 45.8 Å². The van der Waals surface area contributed by atoms with Gasteiger partial charge in [0.05, 0.1) is 34.6 Å². The highest BCUT2D eigenvalue weighted by molar-refractivity contribution is 6.10. The van der Waals surface area contributed by atoms with Crippen LogP contribution < -0.4 is 31.3 Å². The Hall–Kier alpha value is -8.43. The summed E-state index contributed by atoms with van der Waals surface area (Å²) in [5, 5.41) is 42.4. The minimum absolute atomic E-state index is 0.0289. The summed E-state index contributed by atoms with van der Waals surface area (Å²) in [5.74, 6) is -2.38. The molecule has 0 fully saturated rings. The number of amides is 5. The van der Waals surface area contributed by atoms with E-state index in [1.165, 1.54) is 109 Å². The molecule has 0 heterocycles. The largest absolute Gasteiger partial charge is 0.504 e. The van der Waals surface area contributed by atoms with Crippen molar-refractivity contribution in [3.05, 3.63) is 143 Å². The number of anilines is 4. The number of aromatic hydroxyl groups is 1. The van der Waals surface area contributed by atoms with Crippen molar-refractivity contribution in [3.63, 3.8) is 0 Å². The fourth-order valence-electron chi connectivity index (χ4n) is 5.40. The molecule has 0 saturated heterocycles. The maximum atomic E-state index is 13.3. The minimum Gasteiger partial charge on any atom is -0.504 e. The van der Waals surface area contributed by atoms with Gasteiger partial charge >= 0.3 is 5.97 Å². The van der Waals surface area contributed by atoms with Crippen LogP contribution in [0.3, 0.4) is 0 Å². The van der Waals surface area contributed by atoms with Gasteiger partial charge in [-0.05, 0) is 123 Å². The number of phenols is 1. The van der Waals surface area contributed by atoms with Crippen LogP contribution in [0.15, 0.2) is 109 Å². The van der Waals surface area contributed by atoms with E-state index < -0.39 is 53.4 Å². The Morgan fingerprint density at radius 3 is 1.63 bits per heavy atom. The number of carboxylic acids is 1. The van der Waals surface area contributed by atoms with Crippen LogP contribution >= 0.6 is 0 Å². The number of aromatic carboxylic acids is 1. The molecule has 0 aliphatic rings. The lowest BCUT2D eigenvalue weighted by Gasteiger charge is -2.18. The first-order chi connectivity index (χ1) is 28.3. The number of carbonyl (C=O) groups is 6. The maximum absolute atomic E-state index is 13.3. The fraction of sp³-hybridized carbons (Fsp3) is 0.114. The van der Waals surface area contributed by atoms with Gasteiger partial charge in [-0.3, -0.25) is 24.0 Å². The van der Waals surface area contributed by atoms with Gasteiger partial charge < -0.3 is 41.5 Å². The molecule has 0 bridgehead atoms. The molecular weight excluding hydrogens is 757 g/mol. The SMILES string of the molecule is C#CC[C@H](NC(=O)c1ccc(NC(=O)c2ccc(C#N)cc2)cc1)C(=O)Nc1ccc(C(=O)Nc2ccc(C(=O)Nc3ccc(C(=O)O)cc3)c(O)c2OC(C)C)cc1. The molecule has 5 aromatic rings. The number of carboxylic acid groups (broad SMARTS) is 1. The Bertz CT molecular complexity index is 2490. The predicted molar refractivity (Wildman–Crippen MR) is 219 cm³/mol. The van der Waals surface area contributed by atoms with E-state index in [1.54, 1.807) is 13.8 Å². The molecule has 7 N–H and O–H groups in total. The summed E-state index contributed by atoms with van der Waals surface area (Å²) in [6.45, 7) is 3.38. The minimum atomic E-state index is -1.13. The van der Waals surface area contributed by atoms with Gasteiger partial charge in [0, 0.05) is 40.2 Å². The highest BCUT2D eigenvalue weighted by Crippen LogP contribution is 2.39. The van der Waals surface area contributed by atoms with Crippen LogP contribution in [0.1, 0.15) is 77.6 Å². The van der Waals surface area contributed by atoms with Crippen molar-refractivity contribution >= 4 is 58.3 Å². The number of carbonyl (C=O) groups excluding carboxylic acids is 5. The van der Waals surface area contributed by atoms with Crippen LogP contribution in [-0.4, -0.2) is 57.9 Å². The third-order valence-corrected chi connectivity index (χ3v) is 8.41. The molecule has 0 aliphatic carbocycles. The van der Waals surface area contributed by atoms with E-state index in [0.717, 1.165) is 0 Å². The van der Waals surface area contributed by atoms with Gasteiger partial charge in [-0.15, -0.1) is 12.3 Å². The molecule has 59 heavy (non-hydrogen) atoms. The number of nitrogens with zero attached hydrogens (tertiary/aromatic N) is 1. The van der Waals surface area contributed by atoms with Crippen molar-refractivity contribution < 1.29 is 43.7 Å². The van der Waals surface area contributed by atoms with Crippen molar-refractivity contribution in [2.24, 2.45) is 0 Å². The highest BCUT2D eigenvalue weighted by Gasteiger charge is 2.24. The second kappa shape index (κ2) is 18.9. The Balaban J connectivity index is 1.20. The summed E-state index contributed by atoms with van der Waals surface area (Å²) >= 11 is 0. The molecule has 15 heteroatoms. The first-order valence-corrected chi connectivity index (χ1v) is 17.8. The average molecular weight is 793 g/mol.